The van der Waals surface area contributed by atoms with Gasteiger partial charge in [-0.1, -0.05) is 80.1 Å². The topological polar surface area (TPSA) is 142 Å². The molecule has 0 amide bonds. The molecule has 430 valence electrons. The fraction of sp³-hybridized carbons (Fsp3) is 0.935. The molecule has 8 rings (SSSR count). The van der Waals surface area contributed by atoms with E-state index in [0.717, 1.165) is 87.6 Å². The summed E-state index contributed by atoms with van der Waals surface area (Å²) < 4.78 is 43.1. The van der Waals surface area contributed by atoms with Crippen LogP contribution in [0.15, 0.2) is 0 Å². The van der Waals surface area contributed by atoms with Gasteiger partial charge in [0.05, 0.1) is 48.1 Å². The highest BCUT2D eigenvalue weighted by Crippen LogP contribution is 2.62. The van der Waals surface area contributed by atoms with Gasteiger partial charge in [-0.15, -0.1) is 0 Å². The Hall–Kier alpha value is -2.28. The summed E-state index contributed by atoms with van der Waals surface area (Å²) >= 11 is 0. The van der Waals surface area contributed by atoms with Crippen molar-refractivity contribution in [2.75, 3.05) is 53.6 Å². The molecule has 0 aromatic rings. The lowest BCUT2D eigenvalue weighted by atomic mass is 9.46. The van der Waals surface area contributed by atoms with Gasteiger partial charge in [0.15, 0.2) is 27.2 Å². The van der Waals surface area contributed by atoms with Gasteiger partial charge in [0.1, 0.15) is 0 Å². The summed E-state index contributed by atoms with van der Waals surface area (Å²) in [6, 6.07) is 0. The average molecular weight is 1050 g/mol. The Balaban J connectivity index is 0.000000215. The molecule has 3 atom stereocenters. The van der Waals surface area contributed by atoms with Crippen LogP contribution in [-0.2, 0) is 57.1 Å². The number of hydrogen-bond acceptors (Lipinski definition) is 12. The van der Waals surface area contributed by atoms with E-state index in [1.807, 2.05) is 83.1 Å². The fourth-order valence-corrected chi connectivity index (χ4v) is 12.6. The lowest BCUT2D eigenvalue weighted by Gasteiger charge is -2.60. The standard InChI is InChI=1S/C19H32O3.C16H28O3.C14H26O3.C13H24O3/c1-5-18(2,3)17(20)22-12-21-11-19(4)15-7-13-6-14(9-15)10-16(19)8-13;1-5-15(2,3)14(17)19-11-18-10-16(4)9-12-6-7-13(16)8-12;1-4-14(2,3)13(15)17-11-16-10-12-8-6-5-7-9-12;1-4-13(2,3)12(14)16-10-15-9-11-7-5-6-8-11/h13-16H,5-12H2,1-4H3;12-13H,5-11H2,1-4H3;12H,4-11H2,1-3H3;11H,4-10H2,1-3H3. The maximum absolute atomic E-state index is 12.0. The first-order valence-corrected chi connectivity index (χ1v) is 29.8. The first-order chi connectivity index (χ1) is 34.8. The lowest BCUT2D eigenvalue weighted by molar-refractivity contribution is -0.181. The summed E-state index contributed by atoms with van der Waals surface area (Å²) in [5.74, 6) is 6.07. The first kappa shape index (κ1) is 64.2. The van der Waals surface area contributed by atoms with Gasteiger partial charge in [0.25, 0.3) is 0 Å². The third-order valence-electron chi connectivity index (χ3n) is 19.9. The third-order valence-corrected chi connectivity index (χ3v) is 19.9. The lowest BCUT2D eigenvalue weighted by Crippen LogP contribution is -2.53. The van der Waals surface area contributed by atoms with Crippen molar-refractivity contribution < 1.29 is 57.1 Å². The summed E-state index contributed by atoms with van der Waals surface area (Å²) in [6.45, 7) is 31.4. The highest BCUT2D eigenvalue weighted by atomic mass is 16.7. The van der Waals surface area contributed by atoms with Gasteiger partial charge in [0.2, 0.25) is 0 Å². The minimum atomic E-state index is -0.407. The van der Waals surface area contributed by atoms with Crippen LogP contribution in [0.3, 0.4) is 0 Å². The second-order valence-electron chi connectivity index (χ2n) is 27.3. The van der Waals surface area contributed by atoms with Crippen molar-refractivity contribution in [1.82, 2.24) is 0 Å². The minimum Gasteiger partial charge on any atom is -0.438 e. The summed E-state index contributed by atoms with van der Waals surface area (Å²) in [4.78, 5) is 47.0. The van der Waals surface area contributed by atoms with Crippen molar-refractivity contribution in [3.63, 3.8) is 0 Å². The van der Waals surface area contributed by atoms with Crippen molar-refractivity contribution in [1.29, 1.82) is 0 Å². The molecule has 8 fully saturated rings. The maximum Gasteiger partial charge on any atom is 0.313 e. The predicted octanol–water partition coefficient (Wildman–Crippen LogP) is 14.8. The molecule has 8 aliphatic carbocycles. The SMILES string of the molecule is CCC(C)(C)C(=O)OCOCC1(C)C2CC3CC(C2)CC1C3.CCC(C)(C)C(=O)OCOCC1(C)CC2CCC1C2.CCC(C)(C)C(=O)OCOCC1CCCC1.CCC(C)(C)C(=O)OCOCC1CCCCC1. The Morgan fingerprint density at radius 3 is 1.08 bits per heavy atom. The maximum atomic E-state index is 12.0. The van der Waals surface area contributed by atoms with Crippen LogP contribution >= 0.6 is 0 Å². The Labute approximate surface area is 451 Å². The van der Waals surface area contributed by atoms with Crippen LogP contribution in [0.25, 0.3) is 0 Å². The molecule has 12 heteroatoms. The number of carbonyl (C=O) groups is 4. The van der Waals surface area contributed by atoms with Crippen LogP contribution in [0.4, 0.5) is 0 Å². The van der Waals surface area contributed by atoms with Crippen molar-refractivity contribution >= 4 is 23.9 Å². The van der Waals surface area contributed by atoms with Crippen molar-refractivity contribution in [2.24, 2.45) is 79.8 Å². The molecular formula is C62H110O12. The molecule has 0 radical (unpaired) electrons. The fourth-order valence-electron chi connectivity index (χ4n) is 12.6. The van der Waals surface area contributed by atoms with E-state index in [4.69, 9.17) is 37.9 Å². The van der Waals surface area contributed by atoms with Gasteiger partial charge < -0.3 is 37.9 Å². The van der Waals surface area contributed by atoms with Gasteiger partial charge >= 0.3 is 23.9 Å². The molecule has 0 saturated heterocycles. The normalized spacial score (nSPS) is 28.5. The monoisotopic (exact) mass is 1050 g/mol. The molecular weight excluding hydrogens is 937 g/mol. The van der Waals surface area contributed by atoms with Gasteiger partial charge in [-0.3, -0.25) is 19.2 Å². The molecule has 0 aliphatic heterocycles. The molecule has 3 unspecified atom stereocenters. The zero-order valence-corrected chi connectivity index (χ0v) is 49.7. The zero-order valence-electron chi connectivity index (χ0n) is 49.7. The number of hydrogen-bond donors (Lipinski definition) is 0. The number of rotatable bonds is 24. The van der Waals surface area contributed by atoms with Crippen LogP contribution in [-0.4, -0.2) is 77.5 Å². The number of carbonyl (C=O) groups excluding carboxylic acids is 4. The quantitative estimate of drug-likeness (QED) is 0.0393. The molecule has 0 heterocycles. The van der Waals surface area contributed by atoms with E-state index >= 15 is 0 Å². The molecule has 0 N–H and O–H groups in total. The first-order valence-electron chi connectivity index (χ1n) is 29.8. The van der Waals surface area contributed by atoms with E-state index in [1.165, 1.54) is 116 Å². The van der Waals surface area contributed by atoms with E-state index in [9.17, 15) is 19.2 Å². The second kappa shape index (κ2) is 29.6. The zero-order chi connectivity index (χ0) is 54.8. The van der Waals surface area contributed by atoms with Crippen molar-refractivity contribution in [3.8, 4) is 0 Å². The highest BCUT2D eigenvalue weighted by molar-refractivity contribution is 5.77. The third kappa shape index (κ3) is 19.3. The summed E-state index contributed by atoms with van der Waals surface area (Å²) in [5.41, 5.74) is -0.976. The van der Waals surface area contributed by atoms with E-state index in [2.05, 4.69) is 13.8 Å². The highest BCUT2D eigenvalue weighted by Gasteiger charge is 2.55. The Morgan fingerprint density at radius 1 is 0.405 bits per heavy atom. The molecule has 6 bridgehead atoms. The summed E-state index contributed by atoms with van der Waals surface area (Å²) in [6.07, 6.45) is 27.3. The number of ether oxygens (including phenoxy) is 8. The largest absolute Gasteiger partial charge is 0.438 e. The predicted molar refractivity (Wildman–Crippen MR) is 291 cm³/mol. The molecule has 74 heavy (non-hydrogen) atoms. The Morgan fingerprint density at radius 2 is 0.743 bits per heavy atom. The molecule has 8 aliphatic rings. The molecule has 0 spiro atoms. The van der Waals surface area contributed by atoms with Crippen LogP contribution < -0.4 is 0 Å². The van der Waals surface area contributed by atoms with Gasteiger partial charge in [0, 0.05) is 0 Å². The minimum absolute atomic E-state index is 0.106. The van der Waals surface area contributed by atoms with Crippen molar-refractivity contribution in [2.45, 2.75) is 238 Å². The van der Waals surface area contributed by atoms with E-state index in [1.54, 1.807) is 0 Å². The summed E-state index contributed by atoms with van der Waals surface area (Å²) in [7, 11) is 0. The Kier molecular flexibility index (Phi) is 25.7. The second-order valence-corrected chi connectivity index (χ2v) is 27.3. The van der Waals surface area contributed by atoms with Gasteiger partial charge in [-0.25, -0.2) is 0 Å². The molecule has 8 saturated carbocycles. The average Bonchev–Trinajstić information content (AvgIpc) is 4.16. The van der Waals surface area contributed by atoms with Gasteiger partial charge in [-0.05, 0) is 216 Å². The smallest absolute Gasteiger partial charge is 0.313 e. The van der Waals surface area contributed by atoms with E-state index < -0.39 is 21.7 Å². The molecule has 0 aromatic carbocycles. The molecule has 12 nitrogen and oxygen atoms in total. The molecule has 0 aromatic heterocycles. The van der Waals surface area contributed by atoms with E-state index in [0.29, 0.717) is 22.7 Å². The van der Waals surface area contributed by atoms with Crippen molar-refractivity contribution in [3.05, 3.63) is 0 Å². The van der Waals surface area contributed by atoms with E-state index in [-0.39, 0.29) is 51.0 Å². The van der Waals surface area contributed by atoms with Gasteiger partial charge in [-0.2, -0.15) is 0 Å². The van der Waals surface area contributed by atoms with Crippen LogP contribution in [0.2, 0.25) is 0 Å². The number of fused-ring (bicyclic) bond motifs is 2. The Bertz CT molecular complexity index is 1660. The van der Waals surface area contributed by atoms with Crippen LogP contribution in [0.5, 0.6) is 0 Å². The van der Waals surface area contributed by atoms with Crippen LogP contribution in [0.1, 0.15) is 238 Å². The summed E-state index contributed by atoms with van der Waals surface area (Å²) in [5, 5.41) is 0. The number of esters is 4. The van der Waals surface area contributed by atoms with Crippen LogP contribution in [0, 0.1) is 79.8 Å².